The molecule has 0 radical (unpaired) electrons. The molecule has 1 saturated heterocycles. The number of hydrogen-bond acceptors (Lipinski definition) is 8. The number of carbonyl (C=O) groups is 1. The molecule has 5 rings (SSSR count). The summed E-state index contributed by atoms with van der Waals surface area (Å²) < 4.78 is 38.9. The zero-order valence-corrected chi connectivity index (χ0v) is 25.4. The number of hydrogen-bond donors (Lipinski definition) is 1. The van der Waals surface area contributed by atoms with E-state index in [1.54, 1.807) is 23.1 Å². The molecule has 42 heavy (non-hydrogen) atoms. The van der Waals surface area contributed by atoms with Crippen molar-refractivity contribution in [2.24, 2.45) is 11.7 Å². The second-order valence-corrected chi connectivity index (χ2v) is 13.5. The fraction of sp³-hybridized carbons (Fsp3) is 0.452. The van der Waals surface area contributed by atoms with E-state index in [0.29, 0.717) is 36.2 Å². The van der Waals surface area contributed by atoms with Gasteiger partial charge in [0.05, 0.1) is 23.5 Å². The largest absolute Gasteiger partial charge is 0.464 e. The molecule has 1 amide bonds. The molecule has 1 aliphatic heterocycles. The average molecular weight is 594 g/mol. The molecule has 1 aromatic carbocycles. The number of likely N-dealkylation sites (tertiary alicyclic amines) is 1. The van der Waals surface area contributed by atoms with E-state index in [-0.39, 0.29) is 36.2 Å². The van der Waals surface area contributed by atoms with Crippen molar-refractivity contribution in [3.8, 4) is 11.5 Å². The number of aromatic nitrogens is 2. The molecule has 2 aromatic heterocycles. The number of aryl methyl sites for hydroxylation is 1. The molecule has 224 valence electrons. The van der Waals surface area contributed by atoms with Crippen LogP contribution in [0.1, 0.15) is 79.8 Å². The smallest absolute Gasteiger partial charge is 0.254 e. The number of furan rings is 1. The maximum absolute atomic E-state index is 14.0. The zero-order chi connectivity index (χ0) is 30.1. The van der Waals surface area contributed by atoms with E-state index in [1.165, 1.54) is 4.31 Å². The van der Waals surface area contributed by atoms with Crippen LogP contribution in [0.2, 0.25) is 0 Å². The fourth-order valence-corrected chi connectivity index (χ4v) is 6.78. The maximum atomic E-state index is 14.0. The van der Waals surface area contributed by atoms with E-state index in [0.717, 1.165) is 37.0 Å². The molecule has 2 unspecified atom stereocenters. The minimum Gasteiger partial charge on any atom is -0.464 e. The third-order valence-electron chi connectivity index (χ3n) is 7.80. The van der Waals surface area contributed by atoms with E-state index >= 15 is 0 Å². The van der Waals surface area contributed by atoms with Crippen molar-refractivity contribution in [1.82, 2.24) is 15.1 Å². The number of allylic oxidation sites excluding steroid dienone is 4. The van der Waals surface area contributed by atoms with Gasteiger partial charge in [-0.2, -0.15) is 0 Å². The topological polar surface area (TPSA) is 136 Å². The minimum atomic E-state index is -3.63. The summed E-state index contributed by atoms with van der Waals surface area (Å²) in [6, 6.07) is 8.58. The standard InChI is InChI=1S/C31H39N5O5S/c1-5-15-36(42(4,38)39)25-18-23(28-33-34-30(41-28)31(3,32)20-22-10-7-6-8-11-22)17-24(19-25)29(37)35-16-9-12-26(35)27-14-13-21(2)40-27/h6-8,10,13-14,17-19,22,26H,5,9,11-12,15-16,20,32H2,1-4H3/t22?,26?,31-/m1/s1. The van der Waals surface area contributed by atoms with Gasteiger partial charge in [-0.1, -0.05) is 31.2 Å². The molecule has 10 nitrogen and oxygen atoms in total. The van der Waals surface area contributed by atoms with Crippen LogP contribution in [-0.2, 0) is 15.6 Å². The molecule has 3 atom stereocenters. The highest BCUT2D eigenvalue weighted by Gasteiger charge is 2.34. The molecule has 3 heterocycles. The third-order valence-corrected chi connectivity index (χ3v) is 8.99. The summed E-state index contributed by atoms with van der Waals surface area (Å²) in [4.78, 5) is 15.8. The highest BCUT2D eigenvalue weighted by atomic mass is 32.2. The van der Waals surface area contributed by atoms with Gasteiger partial charge in [-0.25, -0.2) is 8.42 Å². The van der Waals surface area contributed by atoms with Gasteiger partial charge in [-0.05, 0) is 82.2 Å². The van der Waals surface area contributed by atoms with Gasteiger partial charge in [0, 0.05) is 24.2 Å². The van der Waals surface area contributed by atoms with Gasteiger partial charge < -0.3 is 19.5 Å². The number of carbonyl (C=O) groups excluding carboxylic acids is 1. The summed E-state index contributed by atoms with van der Waals surface area (Å²) in [5.41, 5.74) is 6.91. The summed E-state index contributed by atoms with van der Waals surface area (Å²) >= 11 is 0. The second kappa shape index (κ2) is 11.9. The third kappa shape index (κ3) is 6.37. The van der Waals surface area contributed by atoms with Gasteiger partial charge in [0.15, 0.2) is 0 Å². The van der Waals surface area contributed by atoms with E-state index in [1.807, 2.05) is 45.1 Å². The SMILES string of the molecule is CCCN(c1cc(C(=O)N2CCCC2c2ccc(C)o2)cc(-c2nnc([C@](C)(N)CC3C=CC=CC3)o2)c1)S(C)(=O)=O. The van der Waals surface area contributed by atoms with Crippen molar-refractivity contribution >= 4 is 21.6 Å². The number of benzene rings is 1. The van der Waals surface area contributed by atoms with Crippen molar-refractivity contribution in [2.75, 3.05) is 23.7 Å². The van der Waals surface area contributed by atoms with Crippen LogP contribution in [-0.4, -0.2) is 48.8 Å². The van der Waals surface area contributed by atoms with Crippen LogP contribution in [0.3, 0.4) is 0 Å². The van der Waals surface area contributed by atoms with Gasteiger partial charge in [-0.3, -0.25) is 9.10 Å². The Morgan fingerprint density at radius 2 is 2.00 bits per heavy atom. The lowest BCUT2D eigenvalue weighted by Crippen LogP contribution is -2.35. The Morgan fingerprint density at radius 3 is 2.67 bits per heavy atom. The molecule has 0 spiro atoms. The number of amides is 1. The second-order valence-electron chi connectivity index (χ2n) is 11.6. The molecular weight excluding hydrogens is 554 g/mol. The first-order valence-electron chi connectivity index (χ1n) is 14.4. The molecule has 0 saturated carbocycles. The highest BCUT2D eigenvalue weighted by Crippen LogP contribution is 2.37. The van der Waals surface area contributed by atoms with E-state index in [9.17, 15) is 13.2 Å². The van der Waals surface area contributed by atoms with Crippen LogP contribution in [0.15, 0.2) is 63.5 Å². The first kappa shape index (κ1) is 29.8. The molecule has 2 aliphatic rings. The van der Waals surface area contributed by atoms with Gasteiger partial charge >= 0.3 is 0 Å². The summed E-state index contributed by atoms with van der Waals surface area (Å²) in [5.74, 6) is 2.00. The lowest BCUT2D eigenvalue weighted by atomic mass is 9.86. The molecular formula is C31H39N5O5S. The molecule has 1 fully saturated rings. The molecule has 3 aromatic rings. The van der Waals surface area contributed by atoms with Crippen molar-refractivity contribution in [1.29, 1.82) is 0 Å². The normalized spacial score (nSPS) is 20.2. The number of anilines is 1. The van der Waals surface area contributed by atoms with Crippen LogP contribution in [0.5, 0.6) is 0 Å². The lowest BCUT2D eigenvalue weighted by Gasteiger charge is -2.26. The van der Waals surface area contributed by atoms with Crippen molar-refractivity contribution in [3.63, 3.8) is 0 Å². The predicted octanol–water partition coefficient (Wildman–Crippen LogP) is 5.49. The van der Waals surface area contributed by atoms with E-state index in [2.05, 4.69) is 22.3 Å². The van der Waals surface area contributed by atoms with E-state index in [4.69, 9.17) is 14.6 Å². The van der Waals surface area contributed by atoms with Gasteiger partial charge in [0.25, 0.3) is 5.91 Å². The monoisotopic (exact) mass is 593 g/mol. The van der Waals surface area contributed by atoms with Gasteiger partial charge in [0.1, 0.15) is 11.5 Å². The van der Waals surface area contributed by atoms with Crippen molar-refractivity contribution < 1.29 is 22.0 Å². The minimum absolute atomic E-state index is 0.168. The Labute approximate surface area is 247 Å². The maximum Gasteiger partial charge on any atom is 0.254 e. The van der Waals surface area contributed by atoms with Crippen LogP contribution in [0, 0.1) is 12.8 Å². The Hall–Kier alpha value is -3.70. The van der Waals surface area contributed by atoms with E-state index < -0.39 is 15.6 Å². The van der Waals surface area contributed by atoms with Crippen LogP contribution >= 0.6 is 0 Å². The van der Waals surface area contributed by atoms with Gasteiger partial charge in [0.2, 0.25) is 21.8 Å². The Kier molecular flexibility index (Phi) is 8.43. The number of sulfonamides is 1. The van der Waals surface area contributed by atoms with Crippen LogP contribution in [0.25, 0.3) is 11.5 Å². The molecule has 1 aliphatic carbocycles. The van der Waals surface area contributed by atoms with Crippen LogP contribution < -0.4 is 10.0 Å². The Bertz CT molecular complexity index is 1600. The molecule has 11 heteroatoms. The van der Waals surface area contributed by atoms with Crippen LogP contribution in [0.4, 0.5) is 5.69 Å². The number of rotatable bonds is 10. The fourth-order valence-electron chi connectivity index (χ4n) is 5.78. The lowest BCUT2D eigenvalue weighted by molar-refractivity contribution is 0.0719. The van der Waals surface area contributed by atoms with Crippen molar-refractivity contribution in [2.45, 2.75) is 64.5 Å². The highest BCUT2D eigenvalue weighted by molar-refractivity contribution is 7.92. The summed E-state index contributed by atoms with van der Waals surface area (Å²) in [6.45, 7) is 6.46. The summed E-state index contributed by atoms with van der Waals surface area (Å²) in [7, 11) is -3.63. The number of nitrogens with two attached hydrogens (primary N) is 1. The molecule has 0 bridgehead atoms. The Morgan fingerprint density at radius 1 is 1.19 bits per heavy atom. The summed E-state index contributed by atoms with van der Waals surface area (Å²) in [5, 5.41) is 8.55. The predicted molar refractivity (Wildman–Crippen MR) is 161 cm³/mol. The Balaban J connectivity index is 1.52. The zero-order valence-electron chi connectivity index (χ0n) is 24.6. The van der Waals surface area contributed by atoms with Gasteiger partial charge in [-0.15, -0.1) is 10.2 Å². The average Bonchev–Trinajstić information content (AvgIpc) is 3.72. The quantitative estimate of drug-likeness (QED) is 0.326. The van der Waals surface area contributed by atoms with Crippen molar-refractivity contribution in [3.05, 3.63) is 77.6 Å². The summed E-state index contributed by atoms with van der Waals surface area (Å²) in [6.07, 6.45) is 13.1. The number of nitrogens with zero attached hydrogens (tertiary/aromatic N) is 4. The molecule has 2 N–H and O–H groups in total. The first-order valence-corrected chi connectivity index (χ1v) is 16.3. The first-order chi connectivity index (χ1) is 20.0.